The third kappa shape index (κ3) is 4.30. The van der Waals surface area contributed by atoms with E-state index in [4.69, 9.17) is 5.73 Å². The van der Waals surface area contributed by atoms with Gasteiger partial charge in [0.15, 0.2) is 0 Å². The fourth-order valence-corrected chi connectivity index (χ4v) is 2.47. The lowest BCUT2D eigenvalue weighted by Gasteiger charge is -2.31. The first kappa shape index (κ1) is 15.0. The zero-order chi connectivity index (χ0) is 14.6. The predicted octanol–water partition coefficient (Wildman–Crippen LogP) is 2.99. The number of nitrogens with two attached hydrogens (primary N) is 1. The quantitative estimate of drug-likeness (QED) is 0.668. The second kappa shape index (κ2) is 6.35. The number of fused-ring (bicyclic) bond motifs is 1. The summed E-state index contributed by atoms with van der Waals surface area (Å²) in [5, 5.41) is 0. The first-order valence-electron chi connectivity index (χ1n) is 6.73. The number of benzene rings is 1. The van der Waals surface area contributed by atoms with Gasteiger partial charge in [0, 0.05) is 31.1 Å². The van der Waals surface area contributed by atoms with Crippen molar-refractivity contribution in [3.05, 3.63) is 23.8 Å². The molecule has 3 nitrogen and oxygen atoms in total. The highest BCUT2D eigenvalue weighted by molar-refractivity contribution is 5.61. The van der Waals surface area contributed by atoms with E-state index in [1.807, 2.05) is 18.2 Å². The molecule has 0 fully saturated rings. The van der Waals surface area contributed by atoms with Crippen LogP contribution in [0, 0.1) is 0 Å². The molecule has 1 aliphatic heterocycles. The molecule has 0 spiro atoms. The lowest BCUT2D eigenvalue weighted by Crippen LogP contribution is -2.31. The molecule has 1 aliphatic rings. The number of alkyl halides is 3. The number of hydrogen-bond acceptors (Lipinski definition) is 3. The van der Waals surface area contributed by atoms with E-state index in [1.54, 1.807) is 0 Å². The van der Waals surface area contributed by atoms with E-state index in [0.717, 1.165) is 30.8 Å². The van der Waals surface area contributed by atoms with Gasteiger partial charge in [-0.1, -0.05) is 0 Å². The molecule has 2 rings (SSSR count). The van der Waals surface area contributed by atoms with Crippen molar-refractivity contribution in [2.75, 3.05) is 36.9 Å². The molecule has 0 amide bonds. The van der Waals surface area contributed by atoms with Crippen LogP contribution in [0.25, 0.3) is 0 Å². The van der Waals surface area contributed by atoms with Gasteiger partial charge in [0.2, 0.25) is 0 Å². The SMILES string of the molecule is Nc1ccc2c(c1)CCCN2CCCOCC(F)(F)F. The van der Waals surface area contributed by atoms with E-state index in [0.29, 0.717) is 13.0 Å². The maximum atomic E-state index is 11.9. The number of aryl methyl sites for hydroxylation is 1. The molecule has 0 saturated heterocycles. The lowest BCUT2D eigenvalue weighted by atomic mass is 10.0. The van der Waals surface area contributed by atoms with Crippen LogP contribution < -0.4 is 10.6 Å². The topological polar surface area (TPSA) is 38.5 Å². The number of hydrogen-bond donors (Lipinski definition) is 1. The summed E-state index contributed by atoms with van der Waals surface area (Å²) in [6.07, 6.45) is -1.61. The van der Waals surface area contributed by atoms with Crippen molar-refractivity contribution >= 4 is 11.4 Å². The highest BCUT2D eigenvalue weighted by Gasteiger charge is 2.27. The first-order chi connectivity index (χ1) is 9.46. The zero-order valence-corrected chi connectivity index (χ0v) is 11.2. The van der Waals surface area contributed by atoms with Crippen molar-refractivity contribution in [2.45, 2.75) is 25.4 Å². The third-order valence-corrected chi connectivity index (χ3v) is 3.30. The molecule has 1 aromatic carbocycles. The van der Waals surface area contributed by atoms with E-state index >= 15 is 0 Å². The van der Waals surface area contributed by atoms with Gasteiger partial charge < -0.3 is 15.4 Å². The molecule has 0 bridgehead atoms. The second-order valence-electron chi connectivity index (χ2n) is 5.00. The number of rotatable bonds is 5. The fourth-order valence-electron chi connectivity index (χ4n) is 2.47. The number of anilines is 2. The summed E-state index contributed by atoms with van der Waals surface area (Å²) in [4.78, 5) is 2.19. The number of halogens is 3. The van der Waals surface area contributed by atoms with E-state index in [9.17, 15) is 13.2 Å². The van der Waals surface area contributed by atoms with Gasteiger partial charge in [-0.2, -0.15) is 13.2 Å². The van der Waals surface area contributed by atoms with Crippen LogP contribution in [0.1, 0.15) is 18.4 Å². The van der Waals surface area contributed by atoms with Gasteiger partial charge >= 0.3 is 6.18 Å². The number of ether oxygens (including phenoxy) is 1. The third-order valence-electron chi connectivity index (χ3n) is 3.30. The van der Waals surface area contributed by atoms with E-state index < -0.39 is 12.8 Å². The van der Waals surface area contributed by atoms with Gasteiger partial charge in [0.05, 0.1) is 0 Å². The molecule has 0 atom stereocenters. The Morgan fingerprint density at radius 2 is 2.10 bits per heavy atom. The molecule has 0 radical (unpaired) electrons. The van der Waals surface area contributed by atoms with Gasteiger partial charge in [-0.25, -0.2) is 0 Å². The molecule has 112 valence electrons. The molecule has 0 aromatic heterocycles. The van der Waals surface area contributed by atoms with Crippen LogP contribution in [0.4, 0.5) is 24.5 Å². The maximum absolute atomic E-state index is 11.9. The van der Waals surface area contributed by atoms with Crippen LogP contribution in [-0.4, -0.2) is 32.5 Å². The Hall–Kier alpha value is -1.43. The van der Waals surface area contributed by atoms with Crippen molar-refractivity contribution in [3.63, 3.8) is 0 Å². The Bertz CT molecular complexity index is 449. The molecule has 1 heterocycles. The van der Waals surface area contributed by atoms with Crippen LogP contribution in [0.3, 0.4) is 0 Å². The fraction of sp³-hybridized carbons (Fsp3) is 0.571. The Morgan fingerprint density at radius 3 is 2.85 bits per heavy atom. The van der Waals surface area contributed by atoms with Gasteiger partial charge in [-0.15, -0.1) is 0 Å². The minimum Gasteiger partial charge on any atom is -0.399 e. The first-order valence-corrected chi connectivity index (χ1v) is 6.73. The largest absolute Gasteiger partial charge is 0.411 e. The molecule has 2 N–H and O–H groups in total. The molecular formula is C14H19F3N2O. The van der Waals surface area contributed by atoms with Gasteiger partial charge in [-0.3, -0.25) is 0 Å². The maximum Gasteiger partial charge on any atom is 0.411 e. The Labute approximate surface area is 116 Å². The molecule has 20 heavy (non-hydrogen) atoms. The predicted molar refractivity (Wildman–Crippen MR) is 72.9 cm³/mol. The van der Waals surface area contributed by atoms with Crippen molar-refractivity contribution in [1.29, 1.82) is 0 Å². The summed E-state index contributed by atoms with van der Waals surface area (Å²) in [6, 6.07) is 5.82. The molecule has 1 aromatic rings. The molecule has 0 saturated carbocycles. The van der Waals surface area contributed by atoms with Gasteiger partial charge in [-0.05, 0) is 43.0 Å². The van der Waals surface area contributed by atoms with Crippen LogP contribution in [0.2, 0.25) is 0 Å². The van der Waals surface area contributed by atoms with E-state index in [1.165, 1.54) is 5.56 Å². The molecule has 0 unspecified atom stereocenters. The number of nitrogen functional groups attached to an aromatic ring is 1. The summed E-state index contributed by atoms with van der Waals surface area (Å²) >= 11 is 0. The highest BCUT2D eigenvalue weighted by Crippen LogP contribution is 2.28. The Balaban J connectivity index is 1.80. The minimum atomic E-state index is -4.24. The van der Waals surface area contributed by atoms with Gasteiger partial charge in [0.1, 0.15) is 6.61 Å². The van der Waals surface area contributed by atoms with Crippen LogP contribution in [-0.2, 0) is 11.2 Å². The second-order valence-corrected chi connectivity index (χ2v) is 5.00. The van der Waals surface area contributed by atoms with Gasteiger partial charge in [0.25, 0.3) is 0 Å². The average molecular weight is 288 g/mol. The minimum absolute atomic E-state index is 0.125. The summed E-state index contributed by atoms with van der Waals surface area (Å²) in [7, 11) is 0. The standard InChI is InChI=1S/C14H19F3N2O/c15-14(16,17)10-20-8-2-7-19-6-1-3-11-9-12(18)4-5-13(11)19/h4-5,9H,1-3,6-8,10,18H2. The highest BCUT2D eigenvalue weighted by atomic mass is 19.4. The van der Waals surface area contributed by atoms with E-state index in [-0.39, 0.29) is 6.61 Å². The normalized spacial score (nSPS) is 15.2. The molecule has 6 heteroatoms. The number of nitrogens with zero attached hydrogens (tertiary/aromatic N) is 1. The Kier molecular flexibility index (Phi) is 4.75. The smallest absolute Gasteiger partial charge is 0.399 e. The van der Waals surface area contributed by atoms with Crippen LogP contribution >= 0.6 is 0 Å². The molecule has 0 aliphatic carbocycles. The van der Waals surface area contributed by atoms with Crippen LogP contribution in [0.5, 0.6) is 0 Å². The monoisotopic (exact) mass is 288 g/mol. The summed E-state index contributed by atoms with van der Waals surface area (Å²) in [5.41, 5.74) is 8.87. The van der Waals surface area contributed by atoms with Crippen LogP contribution in [0.15, 0.2) is 18.2 Å². The Morgan fingerprint density at radius 1 is 1.30 bits per heavy atom. The average Bonchev–Trinajstić information content (AvgIpc) is 2.36. The summed E-state index contributed by atoms with van der Waals surface area (Å²) < 4.78 is 40.4. The van der Waals surface area contributed by atoms with Crippen molar-refractivity contribution in [2.24, 2.45) is 0 Å². The lowest BCUT2D eigenvalue weighted by molar-refractivity contribution is -0.173. The molecular weight excluding hydrogens is 269 g/mol. The van der Waals surface area contributed by atoms with Crippen molar-refractivity contribution in [3.8, 4) is 0 Å². The van der Waals surface area contributed by atoms with Crippen molar-refractivity contribution in [1.82, 2.24) is 0 Å². The summed E-state index contributed by atoms with van der Waals surface area (Å²) in [5.74, 6) is 0. The van der Waals surface area contributed by atoms with E-state index in [2.05, 4.69) is 9.64 Å². The zero-order valence-electron chi connectivity index (χ0n) is 11.2. The summed E-state index contributed by atoms with van der Waals surface area (Å²) in [6.45, 7) is 0.589. The van der Waals surface area contributed by atoms with Crippen molar-refractivity contribution < 1.29 is 17.9 Å².